The molecule has 0 saturated heterocycles. The van der Waals surface area contributed by atoms with Crippen LogP contribution in [0.5, 0.6) is 5.75 Å². The van der Waals surface area contributed by atoms with Crippen molar-refractivity contribution in [3.8, 4) is 5.75 Å². The number of aromatic carboxylic acids is 1. The summed E-state index contributed by atoms with van der Waals surface area (Å²) >= 11 is 0. The standard InChI is InChI=1S/C10H12N2O5S/c1-18(15,16)12-7-4-11-5-8(9(7)10(13)14)17-6-2-3-6/h4-6,12H,2-3H2,1H3,(H,13,14). The number of sulfonamides is 1. The molecule has 1 fully saturated rings. The van der Waals surface area contributed by atoms with Gasteiger partial charge < -0.3 is 9.84 Å². The molecule has 1 aliphatic carbocycles. The van der Waals surface area contributed by atoms with E-state index in [4.69, 9.17) is 9.84 Å². The third-order valence-corrected chi connectivity index (χ3v) is 2.83. The molecule has 98 valence electrons. The Morgan fingerprint density at radius 1 is 1.50 bits per heavy atom. The Bertz CT molecular complexity index is 580. The average Bonchev–Trinajstić information content (AvgIpc) is 2.98. The number of aromatic nitrogens is 1. The number of carbonyl (C=O) groups is 1. The number of carboxylic acid groups (broad SMARTS) is 1. The van der Waals surface area contributed by atoms with Crippen LogP contribution in [0.2, 0.25) is 0 Å². The van der Waals surface area contributed by atoms with Gasteiger partial charge in [-0.15, -0.1) is 0 Å². The molecule has 0 bridgehead atoms. The van der Waals surface area contributed by atoms with Crippen molar-refractivity contribution in [2.45, 2.75) is 18.9 Å². The van der Waals surface area contributed by atoms with Crippen LogP contribution in [-0.4, -0.2) is 36.8 Å². The number of carboxylic acids is 1. The zero-order chi connectivity index (χ0) is 13.3. The van der Waals surface area contributed by atoms with Crippen molar-refractivity contribution in [3.05, 3.63) is 18.0 Å². The van der Waals surface area contributed by atoms with E-state index in [1.54, 1.807) is 0 Å². The monoisotopic (exact) mass is 272 g/mol. The van der Waals surface area contributed by atoms with Gasteiger partial charge in [0.1, 0.15) is 5.56 Å². The summed E-state index contributed by atoms with van der Waals surface area (Å²) in [6.07, 6.45) is 5.08. The van der Waals surface area contributed by atoms with Crippen LogP contribution >= 0.6 is 0 Å². The predicted molar refractivity (Wildman–Crippen MR) is 63.3 cm³/mol. The van der Waals surface area contributed by atoms with Crippen LogP contribution in [0.3, 0.4) is 0 Å². The molecule has 2 N–H and O–H groups in total. The lowest BCUT2D eigenvalue weighted by atomic mass is 10.2. The van der Waals surface area contributed by atoms with Gasteiger partial charge in [0.15, 0.2) is 5.75 Å². The normalized spacial score (nSPS) is 15.2. The second-order valence-electron chi connectivity index (χ2n) is 4.06. The maximum absolute atomic E-state index is 11.2. The van der Waals surface area contributed by atoms with Crippen LogP contribution in [0, 0.1) is 0 Å². The van der Waals surface area contributed by atoms with Crippen LogP contribution in [0.4, 0.5) is 5.69 Å². The molecule has 2 rings (SSSR count). The molecule has 0 unspecified atom stereocenters. The molecule has 0 radical (unpaired) electrons. The molecule has 0 aliphatic heterocycles. The fourth-order valence-corrected chi connectivity index (χ4v) is 1.95. The van der Waals surface area contributed by atoms with Gasteiger partial charge >= 0.3 is 5.97 Å². The Morgan fingerprint density at radius 2 is 2.17 bits per heavy atom. The molecule has 1 saturated carbocycles. The van der Waals surface area contributed by atoms with E-state index in [0.29, 0.717) is 0 Å². The lowest BCUT2D eigenvalue weighted by molar-refractivity contribution is 0.0693. The number of ether oxygens (including phenoxy) is 1. The summed E-state index contributed by atoms with van der Waals surface area (Å²) in [6, 6.07) is 0. The second kappa shape index (κ2) is 4.45. The molecule has 1 aromatic rings. The summed E-state index contributed by atoms with van der Waals surface area (Å²) in [5.74, 6) is -1.18. The van der Waals surface area contributed by atoms with E-state index in [9.17, 15) is 13.2 Å². The zero-order valence-electron chi connectivity index (χ0n) is 9.58. The van der Waals surface area contributed by atoms with Gasteiger partial charge in [-0.3, -0.25) is 9.71 Å². The summed E-state index contributed by atoms with van der Waals surface area (Å²) in [6.45, 7) is 0. The predicted octanol–water partition coefficient (Wildman–Crippen LogP) is 0.692. The molecule has 7 nitrogen and oxygen atoms in total. The summed E-state index contributed by atoms with van der Waals surface area (Å²) in [7, 11) is -3.57. The van der Waals surface area contributed by atoms with Gasteiger partial charge in [0.2, 0.25) is 10.0 Å². The molecular weight excluding hydrogens is 260 g/mol. The Morgan fingerprint density at radius 3 is 2.67 bits per heavy atom. The van der Waals surface area contributed by atoms with Crippen LogP contribution in [0.15, 0.2) is 12.4 Å². The maximum Gasteiger partial charge on any atom is 0.341 e. The number of rotatable bonds is 5. The van der Waals surface area contributed by atoms with Crippen LogP contribution in [0.1, 0.15) is 23.2 Å². The molecule has 18 heavy (non-hydrogen) atoms. The molecule has 0 spiro atoms. The van der Waals surface area contributed by atoms with Crippen LogP contribution in [-0.2, 0) is 10.0 Å². The van der Waals surface area contributed by atoms with Crippen molar-refractivity contribution in [1.29, 1.82) is 0 Å². The molecule has 1 aliphatic rings. The van der Waals surface area contributed by atoms with E-state index in [-0.39, 0.29) is 23.1 Å². The minimum Gasteiger partial charge on any atom is -0.488 e. The average molecular weight is 272 g/mol. The van der Waals surface area contributed by atoms with Crippen molar-refractivity contribution >= 4 is 21.7 Å². The van der Waals surface area contributed by atoms with Gasteiger partial charge in [0.05, 0.1) is 30.4 Å². The molecule has 0 atom stereocenters. The fraction of sp³-hybridized carbons (Fsp3) is 0.400. The van der Waals surface area contributed by atoms with Gasteiger partial charge in [-0.05, 0) is 12.8 Å². The first-order chi connectivity index (χ1) is 8.37. The number of anilines is 1. The molecule has 1 aromatic heterocycles. The summed E-state index contributed by atoms with van der Waals surface area (Å²) in [4.78, 5) is 15.0. The highest BCUT2D eigenvalue weighted by Gasteiger charge is 2.27. The quantitative estimate of drug-likeness (QED) is 0.817. The minimum absolute atomic E-state index is 0.00150. The fourth-order valence-electron chi connectivity index (χ4n) is 1.39. The highest BCUT2D eigenvalue weighted by molar-refractivity contribution is 7.92. The SMILES string of the molecule is CS(=O)(=O)Nc1cncc(OC2CC2)c1C(=O)O. The van der Waals surface area contributed by atoms with Crippen molar-refractivity contribution in [2.75, 3.05) is 11.0 Å². The van der Waals surface area contributed by atoms with Gasteiger partial charge in [-0.2, -0.15) is 0 Å². The maximum atomic E-state index is 11.2. The Balaban J connectivity index is 2.41. The topological polar surface area (TPSA) is 106 Å². The van der Waals surface area contributed by atoms with Gasteiger partial charge in [-0.1, -0.05) is 0 Å². The summed E-state index contributed by atoms with van der Waals surface area (Å²) < 4.78 is 29.8. The molecule has 8 heteroatoms. The number of hydrogen-bond acceptors (Lipinski definition) is 5. The highest BCUT2D eigenvalue weighted by atomic mass is 32.2. The van der Waals surface area contributed by atoms with Gasteiger partial charge in [-0.25, -0.2) is 13.2 Å². The molecule has 0 amide bonds. The number of pyridine rings is 1. The van der Waals surface area contributed by atoms with Gasteiger partial charge in [0.25, 0.3) is 0 Å². The number of hydrogen-bond donors (Lipinski definition) is 2. The molecular formula is C10H12N2O5S. The Kier molecular flexibility index (Phi) is 3.12. The summed E-state index contributed by atoms with van der Waals surface area (Å²) in [5, 5.41) is 9.13. The molecule has 0 aromatic carbocycles. The van der Waals surface area contributed by atoms with Crippen molar-refractivity contribution in [3.63, 3.8) is 0 Å². The van der Waals surface area contributed by atoms with Gasteiger partial charge in [0, 0.05) is 0 Å². The van der Waals surface area contributed by atoms with Crippen molar-refractivity contribution < 1.29 is 23.1 Å². The largest absolute Gasteiger partial charge is 0.488 e. The van der Waals surface area contributed by atoms with E-state index < -0.39 is 16.0 Å². The lowest BCUT2D eigenvalue weighted by Gasteiger charge is -2.12. The molecule has 1 heterocycles. The third-order valence-electron chi connectivity index (χ3n) is 2.24. The highest BCUT2D eigenvalue weighted by Crippen LogP contribution is 2.32. The first-order valence-electron chi connectivity index (χ1n) is 5.22. The van der Waals surface area contributed by atoms with E-state index in [1.165, 1.54) is 6.20 Å². The van der Waals surface area contributed by atoms with E-state index in [1.807, 2.05) is 0 Å². The first kappa shape index (κ1) is 12.6. The smallest absolute Gasteiger partial charge is 0.341 e. The van der Waals surface area contributed by atoms with Crippen LogP contribution < -0.4 is 9.46 Å². The number of nitrogens with one attached hydrogen (secondary N) is 1. The van der Waals surface area contributed by atoms with Crippen molar-refractivity contribution in [1.82, 2.24) is 4.98 Å². The minimum atomic E-state index is -3.57. The first-order valence-corrected chi connectivity index (χ1v) is 7.11. The van der Waals surface area contributed by atoms with Crippen molar-refractivity contribution in [2.24, 2.45) is 0 Å². The number of nitrogens with zero attached hydrogens (tertiary/aromatic N) is 1. The second-order valence-corrected chi connectivity index (χ2v) is 5.81. The Labute approximate surface area is 104 Å². The lowest BCUT2D eigenvalue weighted by Crippen LogP contribution is -2.15. The zero-order valence-corrected chi connectivity index (χ0v) is 10.4. The van der Waals surface area contributed by atoms with Crippen LogP contribution in [0.25, 0.3) is 0 Å². The Hall–Kier alpha value is -1.83. The van der Waals surface area contributed by atoms with E-state index in [0.717, 1.165) is 25.3 Å². The van der Waals surface area contributed by atoms with E-state index in [2.05, 4.69) is 9.71 Å². The van der Waals surface area contributed by atoms with E-state index >= 15 is 0 Å². The third kappa shape index (κ3) is 3.10. The summed E-state index contributed by atoms with van der Waals surface area (Å²) in [5.41, 5.74) is -0.314.